The molecule has 0 atom stereocenters. The second kappa shape index (κ2) is 10.5. The predicted molar refractivity (Wildman–Crippen MR) is 186 cm³/mol. The van der Waals surface area contributed by atoms with Crippen molar-refractivity contribution in [2.24, 2.45) is 0 Å². The number of rotatable bonds is 4. The molecule has 5 nitrogen and oxygen atoms in total. The summed E-state index contributed by atoms with van der Waals surface area (Å²) in [6, 6.07) is 47.2. The molecule has 1 aromatic heterocycles. The fraction of sp³-hybridized carbons (Fsp3) is 0.0714. The SMILES string of the molecule is CC1(C)c2ccccc2-c2c1ccc1c2Oc2cccc(-c3ccc(-c4nc(-c5ccccc5)nc(-c5ccccc5)n4)cc3)c2O1. The van der Waals surface area contributed by atoms with Crippen molar-refractivity contribution in [2.45, 2.75) is 19.3 Å². The molecule has 0 radical (unpaired) electrons. The van der Waals surface area contributed by atoms with Crippen LogP contribution in [0.25, 0.3) is 56.4 Å². The number of nitrogens with zero attached hydrogens (tertiary/aromatic N) is 3. The number of fused-ring (bicyclic) bond motifs is 6. The average Bonchev–Trinajstić information content (AvgIpc) is 3.37. The van der Waals surface area contributed by atoms with E-state index in [-0.39, 0.29) is 5.41 Å². The topological polar surface area (TPSA) is 57.1 Å². The second-order valence-corrected chi connectivity index (χ2v) is 12.4. The summed E-state index contributed by atoms with van der Waals surface area (Å²) in [5.41, 5.74) is 9.49. The zero-order valence-corrected chi connectivity index (χ0v) is 25.9. The van der Waals surface area contributed by atoms with Gasteiger partial charge in [-0.05, 0) is 34.4 Å². The van der Waals surface area contributed by atoms with Gasteiger partial charge < -0.3 is 9.47 Å². The van der Waals surface area contributed by atoms with E-state index in [2.05, 4.69) is 74.5 Å². The first-order chi connectivity index (χ1) is 23.0. The first kappa shape index (κ1) is 27.3. The van der Waals surface area contributed by atoms with Crippen molar-refractivity contribution in [1.82, 2.24) is 15.0 Å². The van der Waals surface area contributed by atoms with Crippen LogP contribution in [-0.2, 0) is 5.41 Å². The molecule has 0 bridgehead atoms. The van der Waals surface area contributed by atoms with Gasteiger partial charge in [-0.3, -0.25) is 0 Å². The van der Waals surface area contributed by atoms with E-state index in [9.17, 15) is 0 Å². The lowest BCUT2D eigenvalue weighted by atomic mass is 9.82. The minimum atomic E-state index is -0.115. The van der Waals surface area contributed by atoms with Crippen LogP contribution in [0.15, 0.2) is 140 Å². The number of benzene rings is 6. The molecule has 47 heavy (non-hydrogen) atoms. The third-order valence-corrected chi connectivity index (χ3v) is 9.22. The maximum atomic E-state index is 6.68. The minimum Gasteiger partial charge on any atom is -0.449 e. The molecule has 7 aromatic rings. The van der Waals surface area contributed by atoms with E-state index in [4.69, 9.17) is 24.4 Å². The van der Waals surface area contributed by atoms with E-state index in [1.54, 1.807) is 0 Å². The van der Waals surface area contributed by atoms with Gasteiger partial charge in [-0.15, -0.1) is 0 Å². The van der Waals surface area contributed by atoms with Crippen molar-refractivity contribution in [3.63, 3.8) is 0 Å². The van der Waals surface area contributed by atoms with E-state index in [1.165, 1.54) is 16.7 Å². The first-order valence-corrected chi connectivity index (χ1v) is 15.8. The van der Waals surface area contributed by atoms with E-state index >= 15 is 0 Å². The molecule has 0 spiro atoms. The smallest absolute Gasteiger partial charge is 0.178 e. The first-order valence-electron chi connectivity index (χ1n) is 15.8. The third kappa shape index (κ3) is 4.43. The maximum Gasteiger partial charge on any atom is 0.178 e. The van der Waals surface area contributed by atoms with E-state index in [1.807, 2.05) is 78.9 Å². The Morgan fingerprint density at radius 1 is 0.404 bits per heavy atom. The van der Waals surface area contributed by atoms with Crippen molar-refractivity contribution >= 4 is 0 Å². The van der Waals surface area contributed by atoms with E-state index < -0.39 is 0 Å². The molecular formula is C42H29N3O2. The Labute approximate surface area is 273 Å². The Hall–Kier alpha value is -6.07. The van der Waals surface area contributed by atoms with Crippen LogP contribution in [0, 0.1) is 0 Å². The highest BCUT2D eigenvalue weighted by molar-refractivity contribution is 5.89. The van der Waals surface area contributed by atoms with E-state index in [0.717, 1.165) is 44.9 Å². The van der Waals surface area contributed by atoms with Crippen LogP contribution in [0.5, 0.6) is 23.0 Å². The fourth-order valence-corrected chi connectivity index (χ4v) is 6.81. The summed E-state index contributed by atoms with van der Waals surface area (Å²) in [5.74, 6) is 4.79. The zero-order valence-electron chi connectivity index (χ0n) is 25.9. The van der Waals surface area contributed by atoms with Gasteiger partial charge in [0.05, 0.1) is 0 Å². The van der Waals surface area contributed by atoms with E-state index in [0.29, 0.717) is 29.0 Å². The number of para-hydroxylation sites is 1. The van der Waals surface area contributed by atoms with Crippen molar-refractivity contribution in [3.8, 4) is 79.4 Å². The molecule has 0 fully saturated rings. The molecule has 0 amide bonds. The number of hydrogen-bond donors (Lipinski definition) is 0. The summed E-state index contributed by atoms with van der Waals surface area (Å²) in [7, 11) is 0. The lowest BCUT2D eigenvalue weighted by molar-refractivity contribution is 0.361. The van der Waals surface area contributed by atoms with Gasteiger partial charge in [0.2, 0.25) is 0 Å². The lowest BCUT2D eigenvalue weighted by Crippen LogP contribution is -2.15. The van der Waals surface area contributed by atoms with Crippen LogP contribution in [0.2, 0.25) is 0 Å². The summed E-state index contributed by atoms with van der Waals surface area (Å²) >= 11 is 0. The van der Waals surface area contributed by atoms with Crippen LogP contribution >= 0.6 is 0 Å². The fourth-order valence-electron chi connectivity index (χ4n) is 6.81. The molecule has 1 aliphatic carbocycles. The molecule has 224 valence electrons. The highest BCUT2D eigenvalue weighted by atomic mass is 16.6. The molecule has 6 aromatic carbocycles. The van der Waals surface area contributed by atoms with Crippen molar-refractivity contribution in [2.75, 3.05) is 0 Å². The predicted octanol–water partition coefficient (Wildman–Crippen LogP) is 10.7. The van der Waals surface area contributed by atoms with Gasteiger partial charge in [0.15, 0.2) is 40.5 Å². The summed E-state index contributed by atoms with van der Waals surface area (Å²) < 4.78 is 13.3. The van der Waals surface area contributed by atoms with Gasteiger partial charge in [0.25, 0.3) is 0 Å². The van der Waals surface area contributed by atoms with Crippen LogP contribution in [-0.4, -0.2) is 15.0 Å². The summed E-state index contributed by atoms with van der Waals surface area (Å²) in [6.45, 7) is 4.54. The van der Waals surface area contributed by atoms with Crippen LogP contribution in [0.1, 0.15) is 25.0 Å². The number of ether oxygens (including phenoxy) is 2. The number of aromatic nitrogens is 3. The Balaban J connectivity index is 1.09. The van der Waals surface area contributed by atoms with Crippen LogP contribution < -0.4 is 9.47 Å². The largest absolute Gasteiger partial charge is 0.449 e. The Bertz CT molecular complexity index is 2260. The van der Waals surface area contributed by atoms with Gasteiger partial charge in [-0.25, -0.2) is 15.0 Å². The van der Waals surface area contributed by atoms with Gasteiger partial charge in [0, 0.05) is 33.2 Å². The molecule has 1 aliphatic heterocycles. The summed E-state index contributed by atoms with van der Waals surface area (Å²) in [6.07, 6.45) is 0. The molecule has 0 unspecified atom stereocenters. The minimum absolute atomic E-state index is 0.115. The highest BCUT2D eigenvalue weighted by Crippen LogP contribution is 2.59. The molecule has 0 saturated carbocycles. The standard InChI is InChI=1S/C42H29N3O2/c1-42(2)32-18-10-9-16-31(32)36-33(42)24-25-35-38(36)47-34-19-11-17-30(37(34)46-35)26-20-22-29(23-21-26)41-44-39(27-12-5-3-6-13-27)43-40(45-41)28-14-7-4-8-15-28/h3-25H,1-2H3. The van der Waals surface area contributed by atoms with Crippen molar-refractivity contribution < 1.29 is 9.47 Å². The molecule has 9 rings (SSSR count). The van der Waals surface area contributed by atoms with Gasteiger partial charge in [-0.2, -0.15) is 0 Å². The monoisotopic (exact) mass is 607 g/mol. The molecule has 0 saturated heterocycles. The Morgan fingerprint density at radius 2 is 0.915 bits per heavy atom. The van der Waals surface area contributed by atoms with Gasteiger partial charge in [0.1, 0.15) is 0 Å². The van der Waals surface area contributed by atoms with Gasteiger partial charge >= 0.3 is 0 Å². The Kier molecular flexibility index (Phi) is 6.09. The average molecular weight is 608 g/mol. The molecule has 2 aliphatic rings. The molecule has 0 N–H and O–H groups in total. The van der Waals surface area contributed by atoms with Crippen molar-refractivity contribution in [3.05, 3.63) is 151 Å². The second-order valence-electron chi connectivity index (χ2n) is 12.4. The highest BCUT2D eigenvalue weighted by Gasteiger charge is 2.39. The normalized spacial score (nSPS) is 13.4. The van der Waals surface area contributed by atoms with Crippen LogP contribution in [0.4, 0.5) is 0 Å². The van der Waals surface area contributed by atoms with Crippen LogP contribution in [0.3, 0.4) is 0 Å². The molecule has 5 heteroatoms. The zero-order chi connectivity index (χ0) is 31.5. The summed E-state index contributed by atoms with van der Waals surface area (Å²) in [5, 5.41) is 0. The Morgan fingerprint density at radius 3 is 1.57 bits per heavy atom. The number of hydrogen-bond acceptors (Lipinski definition) is 5. The summed E-state index contributed by atoms with van der Waals surface area (Å²) in [4.78, 5) is 14.6. The molecule has 2 heterocycles. The van der Waals surface area contributed by atoms with Crippen molar-refractivity contribution in [1.29, 1.82) is 0 Å². The molecular weight excluding hydrogens is 578 g/mol. The quantitative estimate of drug-likeness (QED) is 0.199. The lowest BCUT2D eigenvalue weighted by Gasteiger charge is -2.26. The van der Waals surface area contributed by atoms with Gasteiger partial charge in [-0.1, -0.05) is 141 Å². The maximum absolute atomic E-state index is 6.68. The third-order valence-electron chi connectivity index (χ3n) is 9.22.